The molecule has 2 atom stereocenters. The fourth-order valence-electron chi connectivity index (χ4n) is 2.08. The summed E-state index contributed by atoms with van der Waals surface area (Å²) < 4.78 is 0. The van der Waals surface area contributed by atoms with Gasteiger partial charge >= 0.3 is 0 Å². The van der Waals surface area contributed by atoms with Crippen LogP contribution in [0.5, 0.6) is 0 Å². The van der Waals surface area contributed by atoms with E-state index in [-0.39, 0.29) is 0 Å². The molecule has 1 aliphatic rings. The van der Waals surface area contributed by atoms with E-state index in [0.717, 1.165) is 12.0 Å². The summed E-state index contributed by atoms with van der Waals surface area (Å²) in [4.78, 5) is 1.46. The number of nitrogens with one attached hydrogen (secondary N) is 1. The monoisotopic (exact) mass is 223 g/mol. The lowest BCUT2D eigenvalue weighted by Crippen LogP contribution is -2.31. The van der Waals surface area contributed by atoms with Crippen molar-refractivity contribution in [1.29, 1.82) is 0 Å². The molecule has 1 nitrogen and oxygen atoms in total. The van der Waals surface area contributed by atoms with Gasteiger partial charge in [-0.05, 0) is 37.1 Å². The molecular weight excluding hydrogens is 202 g/mol. The Balaban J connectivity index is 1.82. The molecule has 2 unspecified atom stereocenters. The van der Waals surface area contributed by atoms with Gasteiger partial charge in [-0.3, -0.25) is 0 Å². The summed E-state index contributed by atoms with van der Waals surface area (Å²) in [6.45, 7) is 4.57. The molecule has 1 fully saturated rings. The molecule has 1 aromatic heterocycles. The molecule has 84 valence electrons. The average molecular weight is 223 g/mol. The van der Waals surface area contributed by atoms with Crippen LogP contribution < -0.4 is 5.32 Å². The van der Waals surface area contributed by atoms with E-state index < -0.39 is 0 Å². The highest BCUT2D eigenvalue weighted by atomic mass is 32.1. The first-order chi connectivity index (χ1) is 7.29. The predicted octanol–water partition coefficient (Wildman–Crippen LogP) is 3.98. The topological polar surface area (TPSA) is 12.0 Å². The number of hydrogen-bond donors (Lipinski definition) is 1. The molecule has 0 radical (unpaired) electrons. The molecule has 0 spiro atoms. The van der Waals surface area contributed by atoms with Gasteiger partial charge in [-0.1, -0.05) is 25.8 Å². The van der Waals surface area contributed by atoms with Crippen LogP contribution in [0.25, 0.3) is 0 Å². The average Bonchev–Trinajstić information content (AvgIpc) is 2.88. The van der Waals surface area contributed by atoms with Crippen LogP contribution in [-0.4, -0.2) is 6.04 Å². The van der Waals surface area contributed by atoms with Gasteiger partial charge in [-0.2, -0.15) is 0 Å². The van der Waals surface area contributed by atoms with Gasteiger partial charge < -0.3 is 5.32 Å². The number of hydrogen-bond acceptors (Lipinski definition) is 2. The highest BCUT2D eigenvalue weighted by Crippen LogP contribution is 2.34. The molecular formula is C13H21NS. The Hall–Kier alpha value is -0.340. The molecule has 0 aliphatic heterocycles. The molecule has 0 aromatic carbocycles. The van der Waals surface area contributed by atoms with E-state index in [0.29, 0.717) is 6.04 Å². The zero-order chi connectivity index (χ0) is 10.7. The van der Waals surface area contributed by atoms with Gasteiger partial charge in [0.1, 0.15) is 0 Å². The third-order valence-electron chi connectivity index (χ3n) is 3.26. The van der Waals surface area contributed by atoms with Crippen molar-refractivity contribution in [3.05, 3.63) is 22.4 Å². The fraction of sp³-hybridized carbons (Fsp3) is 0.692. The summed E-state index contributed by atoms with van der Waals surface area (Å²) in [6.07, 6.45) is 5.57. The quantitative estimate of drug-likeness (QED) is 0.769. The van der Waals surface area contributed by atoms with E-state index in [1.807, 2.05) is 11.3 Å². The Morgan fingerprint density at radius 3 is 2.87 bits per heavy atom. The lowest BCUT2D eigenvalue weighted by molar-refractivity contribution is 0.407. The molecule has 2 heteroatoms. The molecule has 1 aromatic rings. The largest absolute Gasteiger partial charge is 0.307 e. The van der Waals surface area contributed by atoms with Crippen molar-refractivity contribution in [2.75, 3.05) is 0 Å². The Morgan fingerprint density at radius 2 is 2.33 bits per heavy atom. The summed E-state index contributed by atoms with van der Waals surface area (Å²) in [5.74, 6) is 1.03. The van der Waals surface area contributed by atoms with Crippen LogP contribution in [0, 0.1) is 5.92 Å². The van der Waals surface area contributed by atoms with Crippen molar-refractivity contribution in [3.8, 4) is 0 Å². The zero-order valence-electron chi connectivity index (χ0n) is 9.70. The second kappa shape index (κ2) is 5.13. The van der Waals surface area contributed by atoms with Crippen LogP contribution in [0.1, 0.15) is 50.4 Å². The first kappa shape index (κ1) is 11.2. The Morgan fingerprint density at radius 1 is 1.53 bits per heavy atom. The molecule has 0 saturated heterocycles. The number of thiophene rings is 1. The van der Waals surface area contributed by atoms with Crippen molar-refractivity contribution >= 4 is 11.3 Å². The van der Waals surface area contributed by atoms with Gasteiger partial charge in [0, 0.05) is 17.0 Å². The summed E-state index contributed by atoms with van der Waals surface area (Å²) >= 11 is 1.86. The minimum Gasteiger partial charge on any atom is -0.307 e. The van der Waals surface area contributed by atoms with Crippen LogP contribution in [0.2, 0.25) is 0 Å². The van der Waals surface area contributed by atoms with E-state index in [2.05, 4.69) is 36.7 Å². The molecule has 1 heterocycles. The lowest BCUT2D eigenvalue weighted by atomic mass is 10.1. The highest BCUT2D eigenvalue weighted by molar-refractivity contribution is 7.10. The lowest BCUT2D eigenvalue weighted by Gasteiger charge is -2.21. The zero-order valence-corrected chi connectivity index (χ0v) is 10.5. The fourth-order valence-corrected chi connectivity index (χ4v) is 2.83. The highest BCUT2D eigenvalue weighted by Gasteiger charge is 2.25. The van der Waals surface area contributed by atoms with Crippen LogP contribution >= 0.6 is 11.3 Å². The molecule has 2 rings (SSSR count). The minimum atomic E-state index is 0.522. The second-order valence-corrected chi connectivity index (χ2v) is 5.67. The maximum Gasteiger partial charge on any atom is 0.0388 e. The van der Waals surface area contributed by atoms with Crippen LogP contribution in [-0.2, 0) is 0 Å². The summed E-state index contributed by atoms with van der Waals surface area (Å²) in [5, 5.41) is 5.91. The van der Waals surface area contributed by atoms with Gasteiger partial charge in [-0.25, -0.2) is 0 Å². The van der Waals surface area contributed by atoms with Crippen LogP contribution in [0.4, 0.5) is 0 Å². The third kappa shape index (κ3) is 3.32. The Labute approximate surface area is 96.9 Å². The maximum absolute atomic E-state index is 3.75. The molecule has 1 aliphatic carbocycles. The Bertz CT molecular complexity index is 277. The maximum atomic E-state index is 3.75. The summed E-state index contributed by atoms with van der Waals surface area (Å²) in [7, 11) is 0. The van der Waals surface area contributed by atoms with Gasteiger partial charge in [0.15, 0.2) is 0 Å². The minimum absolute atomic E-state index is 0.522. The van der Waals surface area contributed by atoms with Crippen molar-refractivity contribution in [2.24, 2.45) is 5.92 Å². The Kier molecular flexibility index (Phi) is 3.81. The van der Waals surface area contributed by atoms with E-state index in [4.69, 9.17) is 0 Å². The number of rotatable bonds is 6. The van der Waals surface area contributed by atoms with Crippen molar-refractivity contribution < 1.29 is 0 Å². The van der Waals surface area contributed by atoms with Crippen LogP contribution in [0.3, 0.4) is 0 Å². The summed E-state index contributed by atoms with van der Waals surface area (Å²) in [6, 6.07) is 5.61. The van der Waals surface area contributed by atoms with Gasteiger partial charge in [-0.15, -0.1) is 11.3 Å². The van der Waals surface area contributed by atoms with Crippen molar-refractivity contribution in [1.82, 2.24) is 5.32 Å². The van der Waals surface area contributed by atoms with Crippen molar-refractivity contribution in [2.45, 2.75) is 51.6 Å². The SMILES string of the molecule is CCC(CC1CC1)NC(C)c1cccs1. The van der Waals surface area contributed by atoms with Gasteiger partial charge in [0.05, 0.1) is 0 Å². The van der Waals surface area contributed by atoms with Crippen molar-refractivity contribution in [3.63, 3.8) is 0 Å². The summed E-state index contributed by atoms with van der Waals surface area (Å²) in [5.41, 5.74) is 0. The molecule has 0 amide bonds. The van der Waals surface area contributed by atoms with E-state index in [1.54, 1.807) is 0 Å². The van der Waals surface area contributed by atoms with E-state index >= 15 is 0 Å². The molecule has 1 N–H and O–H groups in total. The normalized spacial score (nSPS) is 20.1. The standard InChI is InChI=1S/C13H21NS/c1-3-12(9-11-6-7-11)14-10(2)13-5-4-8-15-13/h4-5,8,10-12,14H,3,6-7,9H2,1-2H3. The first-order valence-corrected chi connectivity index (χ1v) is 6.97. The van der Waals surface area contributed by atoms with E-state index in [1.165, 1.54) is 30.6 Å². The van der Waals surface area contributed by atoms with Crippen LogP contribution in [0.15, 0.2) is 17.5 Å². The molecule has 15 heavy (non-hydrogen) atoms. The second-order valence-electron chi connectivity index (χ2n) is 4.69. The first-order valence-electron chi connectivity index (χ1n) is 6.09. The molecule has 1 saturated carbocycles. The molecule has 0 bridgehead atoms. The van der Waals surface area contributed by atoms with Gasteiger partial charge in [0.2, 0.25) is 0 Å². The third-order valence-corrected chi connectivity index (χ3v) is 4.32. The predicted molar refractivity (Wildman–Crippen MR) is 67.3 cm³/mol. The van der Waals surface area contributed by atoms with E-state index in [9.17, 15) is 0 Å². The van der Waals surface area contributed by atoms with Gasteiger partial charge in [0.25, 0.3) is 0 Å². The smallest absolute Gasteiger partial charge is 0.0388 e.